The summed E-state index contributed by atoms with van der Waals surface area (Å²) in [5, 5.41) is 15.4. The van der Waals surface area contributed by atoms with Gasteiger partial charge in [0.1, 0.15) is 0 Å². The van der Waals surface area contributed by atoms with E-state index in [9.17, 15) is 14.7 Å². The molecule has 1 fully saturated rings. The van der Waals surface area contributed by atoms with Gasteiger partial charge in [-0.25, -0.2) is 4.79 Å². The maximum atomic E-state index is 12.6. The number of aliphatic hydroxyl groups is 1. The lowest BCUT2D eigenvalue weighted by molar-refractivity contribution is 0.0693. The number of rotatable bonds is 5. The Hall–Kier alpha value is -2.08. The van der Waals surface area contributed by atoms with E-state index < -0.39 is 0 Å². The molecule has 0 unspecified atom stereocenters. The molecule has 1 aromatic rings. The second-order valence-corrected chi connectivity index (χ2v) is 6.78. The largest absolute Gasteiger partial charge is 0.393 e. The van der Waals surface area contributed by atoms with Crippen molar-refractivity contribution in [3.05, 3.63) is 29.8 Å². The van der Waals surface area contributed by atoms with Gasteiger partial charge in [0.2, 0.25) is 0 Å². The van der Waals surface area contributed by atoms with Gasteiger partial charge in [-0.2, -0.15) is 0 Å². The molecule has 0 radical (unpaired) electrons. The zero-order chi connectivity index (χ0) is 17.7. The summed E-state index contributed by atoms with van der Waals surface area (Å²) in [6.07, 6.45) is 2.47. The van der Waals surface area contributed by atoms with Crippen molar-refractivity contribution >= 4 is 17.6 Å². The van der Waals surface area contributed by atoms with Crippen LogP contribution < -0.4 is 10.6 Å². The number of nitrogens with one attached hydrogen (secondary N) is 2. The highest BCUT2D eigenvalue weighted by Gasteiger charge is 2.27. The lowest BCUT2D eigenvalue weighted by Crippen LogP contribution is -2.35. The number of nitrogens with zero attached hydrogens (tertiary/aromatic N) is 1. The fourth-order valence-electron chi connectivity index (χ4n) is 3.04. The first kappa shape index (κ1) is 18.3. The van der Waals surface area contributed by atoms with E-state index in [1.165, 1.54) is 0 Å². The number of carbonyl (C=O) groups is 2. The third-order valence-electron chi connectivity index (χ3n) is 4.26. The van der Waals surface area contributed by atoms with Crippen LogP contribution in [0.3, 0.4) is 0 Å². The molecule has 0 aromatic heterocycles. The summed E-state index contributed by atoms with van der Waals surface area (Å²) < 4.78 is 0. The molecule has 0 saturated heterocycles. The molecule has 0 aliphatic heterocycles. The number of hydrogen-bond donors (Lipinski definition) is 3. The van der Waals surface area contributed by atoms with Gasteiger partial charge in [0.05, 0.1) is 6.10 Å². The number of anilines is 1. The highest BCUT2D eigenvalue weighted by atomic mass is 16.3. The van der Waals surface area contributed by atoms with Crippen molar-refractivity contribution < 1.29 is 14.7 Å². The fourth-order valence-corrected chi connectivity index (χ4v) is 3.04. The van der Waals surface area contributed by atoms with Gasteiger partial charge in [0.25, 0.3) is 5.91 Å². The number of benzene rings is 1. The fraction of sp³-hybridized carbons (Fsp3) is 0.556. The summed E-state index contributed by atoms with van der Waals surface area (Å²) in [5.74, 6) is 0.0408. The van der Waals surface area contributed by atoms with Gasteiger partial charge >= 0.3 is 6.03 Å². The van der Waals surface area contributed by atoms with Crippen LogP contribution in [0.4, 0.5) is 10.5 Å². The van der Waals surface area contributed by atoms with Crippen molar-refractivity contribution in [2.75, 3.05) is 18.9 Å². The number of hydrogen-bond acceptors (Lipinski definition) is 3. The molecule has 0 bridgehead atoms. The Bertz CT molecular complexity index is 589. The van der Waals surface area contributed by atoms with E-state index in [1.807, 2.05) is 13.8 Å². The molecule has 3 amide bonds. The minimum absolute atomic E-state index is 0.0405. The molecular formula is C18H27N3O3. The minimum atomic E-state index is -0.312. The van der Waals surface area contributed by atoms with Crippen LogP contribution in [-0.4, -0.2) is 47.7 Å². The maximum Gasteiger partial charge on any atom is 0.319 e. The number of aliphatic hydroxyl groups excluding tert-OH is 1. The maximum absolute atomic E-state index is 12.6. The first-order valence-corrected chi connectivity index (χ1v) is 8.48. The van der Waals surface area contributed by atoms with Gasteiger partial charge in [-0.15, -0.1) is 0 Å². The Kier molecular flexibility index (Phi) is 6.20. The van der Waals surface area contributed by atoms with Gasteiger partial charge < -0.3 is 20.6 Å². The Balaban J connectivity index is 1.98. The number of carbonyl (C=O) groups excluding carboxylic acids is 2. The third kappa shape index (κ3) is 4.96. The molecule has 0 spiro atoms. The van der Waals surface area contributed by atoms with E-state index in [2.05, 4.69) is 10.6 Å². The summed E-state index contributed by atoms with van der Waals surface area (Å²) in [4.78, 5) is 26.0. The standard InChI is InChI=1S/C18H27N3O3/c1-12(2)19-18(24)20-15-8-4-6-13(10-15)17(23)21(3)11-14-7-5-9-16(14)22/h4,6,8,10,12,14,16,22H,5,7,9,11H2,1-3H3,(H2,19,20,24)/t14-,16+/m1/s1. The quantitative estimate of drug-likeness (QED) is 0.774. The summed E-state index contributed by atoms with van der Waals surface area (Å²) in [7, 11) is 1.75. The predicted octanol–water partition coefficient (Wildman–Crippen LogP) is 2.45. The Morgan fingerprint density at radius 2 is 2.08 bits per heavy atom. The lowest BCUT2D eigenvalue weighted by Gasteiger charge is -2.23. The molecule has 1 aliphatic carbocycles. The highest BCUT2D eigenvalue weighted by molar-refractivity contribution is 5.96. The van der Waals surface area contributed by atoms with Crippen LogP contribution in [0.25, 0.3) is 0 Å². The second-order valence-electron chi connectivity index (χ2n) is 6.78. The van der Waals surface area contributed by atoms with Gasteiger partial charge in [0.15, 0.2) is 0 Å². The molecule has 132 valence electrons. The Morgan fingerprint density at radius 3 is 2.71 bits per heavy atom. The van der Waals surface area contributed by atoms with E-state index in [-0.39, 0.29) is 30.0 Å². The monoisotopic (exact) mass is 333 g/mol. The zero-order valence-corrected chi connectivity index (χ0v) is 14.6. The molecule has 1 aliphatic rings. The smallest absolute Gasteiger partial charge is 0.319 e. The Morgan fingerprint density at radius 1 is 1.33 bits per heavy atom. The van der Waals surface area contributed by atoms with Crippen molar-refractivity contribution in [3.8, 4) is 0 Å². The molecule has 0 heterocycles. The van der Waals surface area contributed by atoms with Crippen molar-refractivity contribution in [1.82, 2.24) is 10.2 Å². The Labute approximate surface area is 143 Å². The first-order chi connectivity index (χ1) is 11.4. The lowest BCUT2D eigenvalue weighted by atomic mass is 10.1. The van der Waals surface area contributed by atoms with Crippen molar-refractivity contribution in [3.63, 3.8) is 0 Å². The predicted molar refractivity (Wildman–Crippen MR) is 94.0 cm³/mol. The van der Waals surface area contributed by atoms with Gasteiger partial charge in [-0.1, -0.05) is 12.5 Å². The number of urea groups is 1. The third-order valence-corrected chi connectivity index (χ3v) is 4.26. The molecule has 1 aromatic carbocycles. The minimum Gasteiger partial charge on any atom is -0.393 e. The summed E-state index contributed by atoms with van der Waals surface area (Å²) in [6.45, 7) is 4.31. The van der Waals surface area contributed by atoms with Crippen LogP contribution in [0.15, 0.2) is 24.3 Å². The average molecular weight is 333 g/mol. The molecular weight excluding hydrogens is 306 g/mol. The van der Waals surface area contributed by atoms with Crippen LogP contribution in [0.5, 0.6) is 0 Å². The van der Waals surface area contributed by atoms with Gasteiger partial charge in [-0.05, 0) is 44.9 Å². The van der Waals surface area contributed by atoms with Crippen LogP contribution in [0.2, 0.25) is 0 Å². The molecule has 2 rings (SSSR count). The van der Waals surface area contributed by atoms with Crippen LogP contribution in [-0.2, 0) is 0 Å². The van der Waals surface area contributed by atoms with Gasteiger partial charge in [0, 0.05) is 36.8 Å². The van der Waals surface area contributed by atoms with Crippen LogP contribution >= 0.6 is 0 Å². The highest BCUT2D eigenvalue weighted by Crippen LogP contribution is 2.26. The van der Waals surface area contributed by atoms with Crippen LogP contribution in [0, 0.1) is 5.92 Å². The average Bonchev–Trinajstić information content (AvgIpc) is 2.91. The topological polar surface area (TPSA) is 81.7 Å². The van der Waals surface area contributed by atoms with E-state index in [0.29, 0.717) is 17.8 Å². The van der Waals surface area contributed by atoms with Gasteiger partial charge in [-0.3, -0.25) is 4.79 Å². The van der Waals surface area contributed by atoms with Crippen molar-refractivity contribution in [1.29, 1.82) is 0 Å². The summed E-state index contributed by atoms with van der Waals surface area (Å²) >= 11 is 0. The molecule has 6 heteroatoms. The normalized spacial score (nSPS) is 20.0. The molecule has 6 nitrogen and oxygen atoms in total. The van der Waals surface area contributed by atoms with Crippen LogP contribution in [0.1, 0.15) is 43.5 Å². The molecule has 1 saturated carbocycles. The molecule has 2 atom stereocenters. The number of amides is 3. The van der Waals surface area contributed by atoms with Crippen molar-refractivity contribution in [2.24, 2.45) is 5.92 Å². The molecule has 3 N–H and O–H groups in total. The van der Waals surface area contributed by atoms with E-state index in [0.717, 1.165) is 19.3 Å². The second kappa shape index (κ2) is 8.15. The first-order valence-electron chi connectivity index (χ1n) is 8.48. The summed E-state index contributed by atoms with van der Waals surface area (Å²) in [5.41, 5.74) is 1.10. The van der Waals surface area contributed by atoms with E-state index >= 15 is 0 Å². The van der Waals surface area contributed by atoms with E-state index in [1.54, 1.807) is 36.2 Å². The van der Waals surface area contributed by atoms with Crippen molar-refractivity contribution in [2.45, 2.75) is 45.3 Å². The van der Waals surface area contributed by atoms with E-state index in [4.69, 9.17) is 0 Å². The SMILES string of the molecule is CC(C)NC(=O)Nc1cccc(C(=O)N(C)C[C@H]2CCC[C@@H]2O)c1. The molecule has 24 heavy (non-hydrogen) atoms. The summed E-state index contributed by atoms with van der Waals surface area (Å²) in [6, 6.07) is 6.64. The zero-order valence-electron chi connectivity index (χ0n) is 14.6.